The first-order chi connectivity index (χ1) is 35.6. The summed E-state index contributed by atoms with van der Waals surface area (Å²) in [6.07, 6.45) is 49.8. The van der Waals surface area contributed by atoms with Crippen LogP contribution in [0, 0.1) is 0 Å². The smallest absolute Gasteiger partial charge is 0.335 e. The molecule has 1 heterocycles. The molecule has 73 heavy (non-hydrogen) atoms. The molecule has 0 aliphatic carbocycles. The number of esters is 3. The Morgan fingerprint density at radius 2 is 0.890 bits per heavy atom. The van der Waals surface area contributed by atoms with E-state index in [2.05, 4.69) is 106 Å². The number of hydrogen-bond acceptors (Lipinski definition) is 11. The Morgan fingerprint density at radius 3 is 1.38 bits per heavy atom. The Kier molecular flexibility index (Phi) is 44.7. The van der Waals surface area contributed by atoms with Crippen LogP contribution in [0.5, 0.6) is 0 Å². The summed E-state index contributed by atoms with van der Waals surface area (Å²) in [6.45, 7) is 5.73. The SMILES string of the molecule is CC/C=C\C/C=C\C/C=C\CCCCCC(=O)OCC(COC1OC(C(=O)O)C(O)C(O)C1OC(=O)CCCCCCCCC/C=C\C/C=C\CCCCC)OC(=O)CCCCCCC/C=C\C/C=C\CCC. The number of unbranched alkanes of at least 4 members (excludes halogenated alkanes) is 19. The minimum Gasteiger partial charge on any atom is -0.479 e. The van der Waals surface area contributed by atoms with Crippen LogP contribution in [0.25, 0.3) is 0 Å². The lowest BCUT2D eigenvalue weighted by molar-refractivity contribution is -0.301. The predicted molar refractivity (Wildman–Crippen MR) is 294 cm³/mol. The molecule has 12 heteroatoms. The summed E-state index contributed by atoms with van der Waals surface area (Å²) < 4.78 is 28.3. The first-order valence-electron chi connectivity index (χ1n) is 28.6. The summed E-state index contributed by atoms with van der Waals surface area (Å²) in [5, 5.41) is 31.4. The summed E-state index contributed by atoms with van der Waals surface area (Å²) in [7, 11) is 0. The highest BCUT2D eigenvalue weighted by molar-refractivity contribution is 5.74. The number of aliphatic hydroxyl groups excluding tert-OH is 2. The number of aliphatic hydroxyl groups is 2. The maximum atomic E-state index is 13.1. The van der Waals surface area contributed by atoms with Crippen molar-refractivity contribution in [2.45, 2.75) is 263 Å². The third-order valence-corrected chi connectivity index (χ3v) is 12.4. The van der Waals surface area contributed by atoms with Gasteiger partial charge in [-0.25, -0.2) is 4.79 Å². The van der Waals surface area contributed by atoms with Crippen LogP contribution in [-0.2, 0) is 42.9 Å². The molecule has 416 valence electrons. The molecule has 1 aliphatic heterocycles. The molecule has 0 amide bonds. The summed E-state index contributed by atoms with van der Waals surface area (Å²) >= 11 is 0. The molecular weight excluding hydrogens is 925 g/mol. The van der Waals surface area contributed by atoms with E-state index < -0.39 is 67.3 Å². The molecule has 1 saturated heterocycles. The average molecular weight is 1030 g/mol. The van der Waals surface area contributed by atoms with Crippen molar-refractivity contribution in [2.75, 3.05) is 13.2 Å². The average Bonchev–Trinajstić information content (AvgIpc) is 3.37. The lowest BCUT2D eigenvalue weighted by atomic mass is 9.98. The molecule has 12 nitrogen and oxygen atoms in total. The maximum absolute atomic E-state index is 13.1. The number of carbonyl (C=O) groups is 4. The lowest BCUT2D eigenvalue weighted by Crippen LogP contribution is -2.61. The van der Waals surface area contributed by atoms with Crippen molar-refractivity contribution in [1.29, 1.82) is 0 Å². The highest BCUT2D eigenvalue weighted by atomic mass is 16.7. The molecule has 0 spiro atoms. The molecule has 0 aromatic rings. The number of hydrogen-bond donors (Lipinski definition) is 3. The van der Waals surface area contributed by atoms with Gasteiger partial charge in [0.05, 0.1) is 6.61 Å². The minimum absolute atomic E-state index is 0.0439. The third-order valence-electron chi connectivity index (χ3n) is 12.4. The summed E-state index contributed by atoms with van der Waals surface area (Å²) in [5.41, 5.74) is 0. The van der Waals surface area contributed by atoms with E-state index in [9.17, 15) is 34.5 Å². The first-order valence-corrected chi connectivity index (χ1v) is 28.6. The van der Waals surface area contributed by atoms with Gasteiger partial charge in [0.1, 0.15) is 18.8 Å². The molecule has 1 fully saturated rings. The van der Waals surface area contributed by atoms with Gasteiger partial charge in [0, 0.05) is 19.3 Å². The van der Waals surface area contributed by atoms with Crippen molar-refractivity contribution in [3.63, 3.8) is 0 Å². The highest BCUT2D eigenvalue weighted by Gasteiger charge is 2.50. The molecule has 1 rings (SSSR count). The van der Waals surface area contributed by atoms with Gasteiger partial charge in [-0.05, 0) is 109 Å². The van der Waals surface area contributed by atoms with Gasteiger partial charge in [-0.1, -0.05) is 183 Å². The van der Waals surface area contributed by atoms with Crippen LogP contribution in [-0.4, -0.2) is 89.2 Å². The number of carboxylic acid groups (broad SMARTS) is 1. The van der Waals surface area contributed by atoms with E-state index in [1.54, 1.807) is 0 Å². The second-order valence-electron chi connectivity index (χ2n) is 19.2. The largest absolute Gasteiger partial charge is 0.479 e. The molecule has 0 saturated carbocycles. The maximum Gasteiger partial charge on any atom is 0.335 e. The summed E-state index contributed by atoms with van der Waals surface area (Å²) in [6, 6.07) is 0. The van der Waals surface area contributed by atoms with E-state index in [1.807, 2.05) is 0 Å². The number of carbonyl (C=O) groups excluding carboxylic acids is 3. The standard InChI is InChI=1S/C61H100O12/c1-4-7-10-13-16-19-22-25-26-27-28-31-34-37-40-43-46-49-55(64)72-59-57(66)56(65)58(60(67)68)73-61(59)70-51-52(71-54(63)48-45-42-39-36-33-30-24-21-18-15-12-9-6-3)50-69-53(62)47-44-41-38-35-32-29-23-20-17-14-11-8-5-2/h8,11-12,15-17,19-21,24-26,29,32,52,56-59,61,65-66H,4-7,9-10,13-14,18,22-23,27-28,30-31,33-51H2,1-3H3,(H,67,68)/b11-8-,15-12-,19-16-,20-17-,24-21-,26-25-,32-29-. The first kappa shape index (κ1) is 66.9. The van der Waals surface area contributed by atoms with Crippen LogP contribution >= 0.6 is 0 Å². The van der Waals surface area contributed by atoms with E-state index in [1.165, 1.54) is 19.3 Å². The van der Waals surface area contributed by atoms with Gasteiger partial charge in [0.15, 0.2) is 24.6 Å². The zero-order valence-corrected chi connectivity index (χ0v) is 45.6. The normalized spacial score (nSPS) is 18.9. The van der Waals surface area contributed by atoms with Gasteiger partial charge in [-0.2, -0.15) is 0 Å². The Labute approximate surface area is 441 Å². The van der Waals surface area contributed by atoms with Crippen LogP contribution in [0.3, 0.4) is 0 Å². The van der Waals surface area contributed by atoms with Crippen molar-refractivity contribution in [3.05, 3.63) is 85.1 Å². The van der Waals surface area contributed by atoms with Crippen LogP contribution in [0.15, 0.2) is 85.1 Å². The molecule has 0 aromatic heterocycles. The molecule has 6 atom stereocenters. The Bertz CT molecular complexity index is 1590. The van der Waals surface area contributed by atoms with Crippen LogP contribution in [0.1, 0.15) is 226 Å². The van der Waals surface area contributed by atoms with E-state index in [-0.39, 0.29) is 25.9 Å². The van der Waals surface area contributed by atoms with E-state index in [0.29, 0.717) is 19.3 Å². The van der Waals surface area contributed by atoms with Gasteiger partial charge in [-0.3, -0.25) is 14.4 Å². The highest BCUT2D eigenvalue weighted by Crippen LogP contribution is 2.26. The summed E-state index contributed by atoms with van der Waals surface area (Å²) in [5.74, 6) is -3.19. The second-order valence-corrected chi connectivity index (χ2v) is 19.2. The Morgan fingerprint density at radius 1 is 0.466 bits per heavy atom. The topological polar surface area (TPSA) is 175 Å². The number of ether oxygens (including phenoxy) is 5. The molecule has 1 aliphatic rings. The van der Waals surface area contributed by atoms with Gasteiger partial charge < -0.3 is 39.0 Å². The van der Waals surface area contributed by atoms with E-state index >= 15 is 0 Å². The second kappa shape index (κ2) is 48.8. The number of allylic oxidation sites excluding steroid dienone is 14. The van der Waals surface area contributed by atoms with Crippen LogP contribution in [0.2, 0.25) is 0 Å². The molecule has 0 radical (unpaired) electrons. The minimum atomic E-state index is -1.91. The van der Waals surface area contributed by atoms with Crippen LogP contribution in [0.4, 0.5) is 0 Å². The zero-order valence-electron chi connectivity index (χ0n) is 45.6. The van der Waals surface area contributed by atoms with Crippen molar-refractivity contribution in [3.8, 4) is 0 Å². The zero-order chi connectivity index (χ0) is 53.3. The van der Waals surface area contributed by atoms with Crippen LogP contribution < -0.4 is 0 Å². The Hall–Kier alpha value is -4.10. The molecule has 3 N–H and O–H groups in total. The van der Waals surface area contributed by atoms with Gasteiger partial charge in [0.2, 0.25) is 0 Å². The van der Waals surface area contributed by atoms with Crippen molar-refractivity contribution in [1.82, 2.24) is 0 Å². The van der Waals surface area contributed by atoms with Gasteiger partial charge in [-0.15, -0.1) is 0 Å². The number of aliphatic carboxylic acids is 1. The molecule has 0 bridgehead atoms. The number of carboxylic acids is 1. The lowest BCUT2D eigenvalue weighted by Gasteiger charge is -2.40. The van der Waals surface area contributed by atoms with Crippen molar-refractivity contribution >= 4 is 23.9 Å². The van der Waals surface area contributed by atoms with Crippen molar-refractivity contribution < 1.29 is 58.2 Å². The molecule has 6 unspecified atom stereocenters. The van der Waals surface area contributed by atoms with E-state index in [0.717, 1.165) is 148 Å². The molecule has 0 aromatic carbocycles. The fourth-order valence-electron chi connectivity index (χ4n) is 8.04. The summed E-state index contributed by atoms with van der Waals surface area (Å²) in [4.78, 5) is 51.0. The van der Waals surface area contributed by atoms with E-state index in [4.69, 9.17) is 23.7 Å². The Balaban J connectivity index is 2.72. The van der Waals surface area contributed by atoms with Gasteiger partial charge in [0.25, 0.3) is 0 Å². The number of rotatable bonds is 47. The monoisotopic (exact) mass is 1020 g/mol. The van der Waals surface area contributed by atoms with Gasteiger partial charge >= 0.3 is 23.9 Å². The fourth-order valence-corrected chi connectivity index (χ4v) is 8.04. The predicted octanol–water partition coefficient (Wildman–Crippen LogP) is 14.3. The molecular formula is C61H100O12. The quantitative estimate of drug-likeness (QED) is 0.0228. The van der Waals surface area contributed by atoms with Crippen molar-refractivity contribution in [2.24, 2.45) is 0 Å². The third kappa shape index (κ3) is 39.0. The fraction of sp³-hybridized carbons (Fsp3) is 0.705.